The van der Waals surface area contributed by atoms with E-state index in [2.05, 4.69) is 15.6 Å². The molecule has 1 aliphatic rings. The molecule has 3 amide bonds. The van der Waals surface area contributed by atoms with Gasteiger partial charge in [0.15, 0.2) is 5.75 Å². The van der Waals surface area contributed by atoms with Gasteiger partial charge in [-0.3, -0.25) is 24.2 Å². The van der Waals surface area contributed by atoms with Gasteiger partial charge in [0.05, 0.1) is 19.1 Å². The Bertz CT molecular complexity index is 1270. The second-order valence-corrected chi connectivity index (χ2v) is 9.96. The molecule has 0 bridgehead atoms. The summed E-state index contributed by atoms with van der Waals surface area (Å²) >= 11 is 0. The fraction of sp³-hybridized carbons (Fsp3) is 0.323. The third-order valence-electron chi connectivity index (χ3n) is 7.11. The first kappa shape index (κ1) is 28.8. The summed E-state index contributed by atoms with van der Waals surface area (Å²) in [6.45, 7) is 0.272. The average Bonchev–Trinajstić information content (AvgIpc) is 3.52. The third kappa shape index (κ3) is 8.38. The molecule has 3 aromatic carbocycles. The van der Waals surface area contributed by atoms with Crippen LogP contribution in [0.4, 0.5) is 4.53 Å². The summed E-state index contributed by atoms with van der Waals surface area (Å²) in [5.41, 5.74) is 2.72. The maximum absolute atomic E-state index is 13.2. The van der Waals surface area contributed by atoms with Crippen molar-refractivity contribution >= 4 is 18.2 Å². The first-order chi connectivity index (χ1) is 19.6. The average molecular weight is 548 g/mol. The zero-order valence-corrected chi connectivity index (χ0v) is 22.3. The van der Waals surface area contributed by atoms with Crippen LogP contribution in [0.5, 0.6) is 5.75 Å². The van der Waals surface area contributed by atoms with Gasteiger partial charge in [-0.25, -0.2) is 5.06 Å². The fourth-order valence-corrected chi connectivity index (χ4v) is 5.01. The lowest BCUT2D eigenvalue weighted by Crippen LogP contribution is -2.43. The van der Waals surface area contributed by atoms with Gasteiger partial charge in [-0.05, 0) is 53.3 Å². The number of carbonyl (C=O) groups is 3. The summed E-state index contributed by atoms with van der Waals surface area (Å²) in [6.07, 6.45) is 5.64. The van der Waals surface area contributed by atoms with Crippen LogP contribution in [0.15, 0.2) is 78.9 Å². The number of nitrogens with zero attached hydrogens (tertiary/aromatic N) is 1. The Kier molecular flexibility index (Phi) is 10.6. The lowest BCUT2D eigenvalue weighted by atomic mass is 9.92. The van der Waals surface area contributed by atoms with E-state index in [0.29, 0.717) is 29.9 Å². The smallest absolute Gasteiger partial charge is 0.252 e. The number of hydrogen-bond donors (Lipinski definition) is 2. The highest BCUT2D eigenvalue weighted by atomic mass is 19.3. The molecule has 0 saturated heterocycles. The quantitative estimate of drug-likeness (QED) is 0.164. The number of rotatable bonds is 14. The Morgan fingerprint density at radius 1 is 0.950 bits per heavy atom. The molecule has 40 heavy (non-hydrogen) atoms. The first-order valence-electron chi connectivity index (χ1n) is 13.5. The SMILES string of the molecule is O=CN(CC(CC1CCCC1)C(=O)NCNC(=O)c1cccc(-c2cccc(OF)c2)c1)OCc1ccccc1. The van der Waals surface area contributed by atoms with Crippen LogP contribution in [0.1, 0.15) is 48.0 Å². The van der Waals surface area contributed by atoms with E-state index >= 15 is 0 Å². The van der Waals surface area contributed by atoms with Crippen LogP contribution in [0.25, 0.3) is 11.1 Å². The van der Waals surface area contributed by atoms with Crippen molar-refractivity contribution in [1.29, 1.82) is 0 Å². The predicted molar refractivity (Wildman–Crippen MR) is 148 cm³/mol. The van der Waals surface area contributed by atoms with Crippen LogP contribution in [0.2, 0.25) is 0 Å². The minimum atomic E-state index is -0.477. The Hall–Kier alpha value is -4.24. The third-order valence-corrected chi connectivity index (χ3v) is 7.11. The number of nitrogens with one attached hydrogen (secondary N) is 2. The van der Waals surface area contributed by atoms with Crippen LogP contribution >= 0.6 is 0 Å². The standard InChI is InChI=1S/C31H34FN3O5/c32-40-29-15-7-13-26(18-29)25-12-6-14-27(17-25)30(37)33-21-34-31(38)28(16-23-8-4-5-9-23)19-35(22-36)39-20-24-10-2-1-3-11-24/h1-3,6-7,10-15,17-18,22-23,28H,4-5,8-9,16,19-21H2,(H,33,37)(H,34,38). The highest BCUT2D eigenvalue weighted by molar-refractivity contribution is 5.95. The summed E-state index contributed by atoms with van der Waals surface area (Å²) in [7, 11) is 0. The zero-order chi connectivity index (χ0) is 28.2. The Morgan fingerprint density at radius 3 is 2.40 bits per heavy atom. The molecule has 2 N–H and O–H groups in total. The molecule has 4 rings (SSSR count). The van der Waals surface area contributed by atoms with Crippen LogP contribution < -0.4 is 15.6 Å². The van der Waals surface area contributed by atoms with Gasteiger partial charge >= 0.3 is 0 Å². The summed E-state index contributed by atoms with van der Waals surface area (Å²) in [5, 5.41) is 6.70. The summed E-state index contributed by atoms with van der Waals surface area (Å²) in [6, 6.07) is 22.8. The number of hydroxylamine groups is 2. The van der Waals surface area contributed by atoms with Crippen molar-refractivity contribution in [2.75, 3.05) is 13.2 Å². The molecule has 1 saturated carbocycles. The molecule has 1 aliphatic carbocycles. The second kappa shape index (κ2) is 14.8. The van der Waals surface area contributed by atoms with E-state index in [9.17, 15) is 18.9 Å². The second-order valence-electron chi connectivity index (χ2n) is 9.96. The minimum absolute atomic E-state index is 0.0692. The topological polar surface area (TPSA) is 97.0 Å². The van der Waals surface area contributed by atoms with E-state index in [1.54, 1.807) is 30.3 Å². The molecular weight excluding hydrogens is 513 g/mol. The highest BCUT2D eigenvalue weighted by Gasteiger charge is 2.27. The van der Waals surface area contributed by atoms with Crippen molar-refractivity contribution in [3.63, 3.8) is 0 Å². The molecular formula is C31H34FN3O5. The van der Waals surface area contributed by atoms with Gasteiger partial charge in [-0.15, -0.1) is 0 Å². The number of carbonyl (C=O) groups excluding carboxylic acids is 3. The Morgan fingerprint density at radius 2 is 1.68 bits per heavy atom. The van der Waals surface area contributed by atoms with Gasteiger partial charge in [-0.2, -0.15) is 0 Å². The monoisotopic (exact) mass is 547 g/mol. The molecule has 8 nitrogen and oxygen atoms in total. The molecule has 3 aromatic rings. The molecule has 1 unspecified atom stereocenters. The van der Waals surface area contributed by atoms with Gasteiger partial charge < -0.3 is 10.6 Å². The largest absolute Gasteiger partial charge is 0.338 e. The van der Waals surface area contributed by atoms with Crippen molar-refractivity contribution < 1.29 is 28.7 Å². The number of halogens is 1. The Balaban J connectivity index is 1.33. The molecule has 0 radical (unpaired) electrons. The van der Waals surface area contributed by atoms with Gasteiger partial charge in [0, 0.05) is 10.1 Å². The number of benzene rings is 3. The van der Waals surface area contributed by atoms with Crippen molar-refractivity contribution in [3.8, 4) is 16.9 Å². The van der Waals surface area contributed by atoms with Crippen LogP contribution in [-0.2, 0) is 21.0 Å². The van der Waals surface area contributed by atoms with Gasteiger partial charge in [-0.1, -0.05) is 80.3 Å². The van der Waals surface area contributed by atoms with E-state index in [0.717, 1.165) is 36.8 Å². The summed E-state index contributed by atoms with van der Waals surface area (Å²) < 4.78 is 12.6. The van der Waals surface area contributed by atoms with Crippen LogP contribution in [-0.4, -0.2) is 36.5 Å². The maximum atomic E-state index is 13.2. The van der Waals surface area contributed by atoms with Crippen molar-refractivity contribution in [2.45, 2.75) is 38.7 Å². The lowest BCUT2D eigenvalue weighted by molar-refractivity contribution is -0.182. The summed E-state index contributed by atoms with van der Waals surface area (Å²) in [4.78, 5) is 47.2. The summed E-state index contributed by atoms with van der Waals surface area (Å²) in [5.74, 6) is -0.612. The minimum Gasteiger partial charge on any atom is -0.338 e. The van der Waals surface area contributed by atoms with Crippen molar-refractivity contribution in [2.24, 2.45) is 11.8 Å². The van der Waals surface area contributed by atoms with E-state index in [4.69, 9.17) is 4.84 Å². The van der Waals surface area contributed by atoms with Crippen molar-refractivity contribution in [1.82, 2.24) is 15.7 Å². The number of hydrogen-bond acceptors (Lipinski definition) is 5. The predicted octanol–water partition coefficient (Wildman–Crippen LogP) is 5.21. The fourth-order valence-electron chi connectivity index (χ4n) is 5.01. The maximum Gasteiger partial charge on any atom is 0.252 e. The molecule has 0 heterocycles. The van der Waals surface area contributed by atoms with E-state index in [1.165, 1.54) is 17.2 Å². The lowest BCUT2D eigenvalue weighted by Gasteiger charge is -2.25. The van der Waals surface area contributed by atoms with Crippen LogP contribution in [0, 0.1) is 11.8 Å². The molecule has 210 valence electrons. The van der Waals surface area contributed by atoms with Gasteiger partial charge in [0.25, 0.3) is 5.91 Å². The van der Waals surface area contributed by atoms with E-state index in [-0.39, 0.29) is 37.4 Å². The van der Waals surface area contributed by atoms with Gasteiger partial charge in [0.2, 0.25) is 12.3 Å². The van der Waals surface area contributed by atoms with Crippen LogP contribution in [0.3, 0.4) is 0 Å². The Labute approximate surface area is 233 Å². The normalized spacial score (nSPS) is 13.8. The zero-order valence-electron chi connectivity index (χ0n) is 22.3. The molecule has 1 fully saturated rings. The molecule has 0 aliphatic heterocycles. The molecule has 1 atom stereocenters. The first-order valence-corrected chi connectivity index (χ1v) is 13.5. The highest BCUT2D eigenvalue weighted by Crippen LogP contribution is 2.31. The molecule has 0 aromatic heterocycles. The number of amides is 3. The van der Waals surface area contributed by atoms with Crippen molar-refractivity contribution in [3.05, 3.63) is 90.0 Å². The molecule has 9 heteroatoms. The van der Waals surface area contributed by atoms with E-state index in [1.807, 2.05) is 36.4 Å². The molecule has 0 spiro atoms. The van der Waals surface area contributed by atoms with E-state index < -0.39 is 5.92 Å². The van der Waals surface area contributed by atoms with Gasteiger partial charge in [0.1, 0.15) is 6.61 Å².